The van der Waals surface area contributed by atoms with Gasteiger partial charge in [-0.2, -0.15) is 0 Å². The zero-order valence-corrected chi connectivity index (χ0v) is 9.85. The zero-order valence-electron chi connectivity index (χ0n) is 8.26. The third kappa shape index (κ3) is 2.46. The molecular weight excluding hydrogens is 261 g/mol. The molecule has 0 radical (unpaired) electrons. The molecule has 0 aliphatic heterocycles. The standard InChI is InChI=1S/C10H13BrFN3/c11-7-4-8(12)9(14-5-7)15-6-10(13)2-1-3-10/h4-5H,1-3,6,13H2,(H,14,15). The van der Waals surface area contributed by atoms with Crippen LogP contribution in [0, 0.1) is 5.82 Å². The molecule has 82 valence electrons. The SMILES string of the molecule is NC1(CNc2ncc(Br)cc2F)CCC1. The molecule has 0 aromatic carbocycles. The van der Waals surface area contributed by atoms with Gasteiger partial charge in [-0.3, -0.25) is 0 Å². The summed E-state index contributed by atoms with van der Waals surface area (Å²) in [6.45, 7) is 0.582. The molecule has 1 fully saturated rings. The van der Waals surface area contributed by atoms with Gasteiger partial charge in [-0.1, -0.05) is 0 Å². The number of pyridine rings is 1. The lowest BCUT2D eigenvalue weighted by Crippen LogP contribution is -2.52. The van der Waals surface area contributed by atoms with Crippen LogP contribution in [-0.2, 0) is 0 Å². The van der Waals surface area contributed by atoms with Gasteiger partial charge in [0, 0.05) is 22.8 Å². The van der Waals surface area contributed by atoms with Crippen LogP contribution < -0.4 is 11.1 Å². The van der Waals surface area contributed by atoms with E-state index in [1.54, 1.807) is 6.20 Å². The number of rotatable bonds is 3. The molecule has 1 aromatic heterocycles. The van der Waals surface area contributed by atoms with E-state index in [4.69, 9.17) is 5.73 Å². The molecule has 1 heterocycles. The third-order valence-electron chi connectivity index (χ3n) is 2.77. The Hall–Kier alpha value is -0.680. The highest BCUT2D eigenvalue weighted by Crippen LogP contribution is 2.29. The van der Waals surface area contributed by atoms with Gasteiger partial charge in [0.1, 0.15) is 0 Å². The Morgan fingerprint density at radius 2 is 2.33 bits per heavy atom. The Morgan fingerprint density at radius 1 is 1.60 bits per heavy atom. The van der Waals surface area contributed by atoms with E-state index in [9.17, 15) is 4.39 Å². The number of halogens is 2. The van der Waals surface area contributed by atoms with E-state index < -0.39 is 0 Å². The predicted octanol–water partition coefficient (Wildman–Crippen LogP) is 2.28. The van der Waals surface area contributed by atoms with Crippen molar-refractivity contribution >= 4 is 21.7 Å². The number of nitrogens with two attached hydrogens (primary N) is 1. The lowest BCUT2D eigenvalue weighted by Gasteiger charge is -2.38. The molecule has 3 N–H and O–H groups in total. The second-order valence-electron chi connectivity index (χ2n) is 4.05. The minimum atomic E-state index is -0.354. The first-order chi connectivity index (χ1) is 7.09. The average Bonchev–Trinajstić information content (AvgIpc) is 2.14. The number of nitrogens with one attached hydrogen (secondary N) is 1. The first-order valence-electron chi connectivity index (χ1n) is 4.93. The van der Waals surface area contributed by atoms with Crippen LogP contribution in [0.4, 0.5) is 10.2 Å². The number of anilines is 1. The highest BCUT2D eigenvalue weighted by atomic mass is 79.9. The summed E-state index contributed by atoms with van der Waals surface area (Å²) in [6.07, 6.45) is 4.72. The van der Waals surface area contributed by atoms with Crippen LogP contribution in [0.1, 0.15) is 19.3 Å². The van der Waals surface area contributed by atoms with Crippen LogP contribution in [0.2, 0.25) is 0 Å². The maximum absolute atomic E-state index is 13.4. The summed E-state index contributed by atoms with van der Waals surface area (Å²) in [7, 11) is 0. The van der Waals surface area contributed by atoms with Gasteiger partial charge in [-0.05, 0) is 41.3 Å². The molecule has 15 heavy (non-hydrogen) atoms. The molecule has 0 amide bonds. The van der Waals surface area contributed by atoms with Gasteiger partial charge in [-0.25, -0.2) is 9.37 Å². The van der Waals surface area contributed by atoms with Gasteiger partial charge >= 0.3 is 0 Å². The van der Waals surface area contributed by atoms with Crippen LogP contribution in [0.5, 0.6) is 0 Å². The Labute approximate surface area is 96.4 Å². The number of hydrogen-bond donors (Lipinski definition) is 2. The van der Waals surface area contributed by atoms with Gasteiger partial charge in [0.05, 0.1) is 0 Å². The first kappa shape index (κ1) is 10.8. The second kappa shape index (κ2) is 4.06. The summed E-state index contributed by atoms with van der Waals surface area (Å²) in [5.74, 6) is -0.0813. The lowest BCUT2D eigenvalue weighted by molar-refractivity contribution is 0.265. The highest BCUT2D eigenvalue weighted by Gasteiger charge is 2.32. The second-order valence-corrected chi connectivity index (χ2v) is 4.97. The largest absolute Gasteiger partial charge is 0.366 e. The van der Waals surface area contributed by atoms with E-state index in [1.165, 1.54) is 6.07 Å². The number of nitrogens with zero attached hydrogens (tertiary/aromatic N) is 1. The highest BCUT2D eigenvalue weighted by molar-refractivity contribution is 9.10. The molecule has 0 atom stereocenters. The smallest absolute Gasteiger partial charge is 0.166 e. The number of aromatic nitrogens is 1. The quantitative estimate of drug-likeness (QED) is 0.889. The average molecular weight is 274 g/mol. The van der Waals surface area contributed by atoms with Gasteiger partial charge < -0.3 is 11.1 Å². The Bertz CT molecular complexity index is 366. The van der Waals surface area contributed by atoms with E-state index in [0.29, 0.717) is 11.0 Å². The van der Waals surface area contributed by atoms with E-state index in [1.807, 2.05) is 0 Å². The molecule has 0 saturated heterocycles. The van der Waals surface area contributed by atoms with Crippen LogP contribution in [0.25, 0.3) is 0 Å². The Balaban J connectivity index is 1.98. The summed E-state index contributed by atoms with van der Waals surface area (Å²) in [4.78, 5) is 3.95. The van der Waals surface area contributed by atoms with Crippen LogP contribution in [-0.4, -0.2) is 17.1 Å². The lowest BCUT2D eigenvalue weighted by atomic mass is 9.78. The van der Waals surface area contributed by atoms with E-state index in [-0.39, 0.29) is 17.2 Å². The molecule has 0 bridgehead atoms. The van der Waals surface area contributed by atoms with E-state index in [0.717, 1.165) is 19.3 Å². The molecule has 1 saturated carbocycles. The van der Waals surface area contributed by atoms with Crippen molar-refractivity contribution in [1.29, 1.82) is 0 Å². The Morgan fingerprint density at radius 3 is 2.87 bits per heavy atom. The third-order valence-corrected chi connectivity index (χ3v) is 3.20. The molecule has 1 aromatic rings. The van der Waals surface area contributed by atoms with Gasteiger partial charge in [0.2, 0.25) is 0 Å². The summed E-state index contributed by atoms with van der Waals surface area (Å²) in [6, 6.07) is 1.39. The molecule has 5 heteroatoms. The maximum Gasteiger partial charge on any atom is 0.166 e. The van der Waals surface area contributed by atoms with Crippen molar-refractivity contribution in [3.63, 3.8) is 0 Å². The molecule has 0 spiro atoms. The molecule has 0 unspecified atom stereocenters. The fraction of sp³-hybridized carbons (Fsp3) is 0.500. The van der Waals surface area contributed by atoms with E-state index >= 15 is 0 Å². The van der Waals surface area contributed by atoms with Crippen molar-refractivity contribution in [3.05, 3.63) is 22.6 Å². The van der Waals surface area contributed by atoms with Crippen molar-refractivity contribution < 1.29 is 4.39 Å². The first-order valence-corrected chi connectivity index (χ1v) is 5.72. The topological polar surface area (TPSA) is 50.9 Å². The zero-order chi connectivity index (χ0) is 10.9. The maximum atomic E-state index is 13.4. The predicted molar refractivity (Wildman–Crippen MR) is 61.2 cm³/mol. The van der Waals surface area contributed by atoms with Crippen molar-refractivity contribution in [2.45, 2.75) is 24.8 Å². The summed E-state index contributed by atoms with van der Waals surface area (Å²) >= 11 is 3.16. The van der Waals surface area contributed by atoms with Crippen molar-refractivity contribution in [2.24, 2.45) is 5.73 Å². The fourth-order valence-electron chi connectivity index (χ4n) is 1.61. The Kier molecular flexibility index (Phi) is 2.93. The molecule has 1 aliphatic carbocycles. The van der Waals surface area contributed by atoms with Crippen molar-refractivity contribution in [2.75, 3.05) is 11.9 Å². The van der Waals surface area contributed by atoms with Crippen LogP contribution in [0.3, 0.4) is 0 Å². The summed E-state index contributed by atoms with van der Waals surface area (Å²) in [5, 5.41) is 2.95. The fourth-order valence-corrected chi connectivity index (χ4v) is 1.92. The van der Waals surface area contributed by atoms with Crippen molar-refractivity contribution in [1.82, 2.24) is 4.98 Å². The van der Waals surface area contributed by atoms with Crippen LogP contribution in [0.15, 0.2) is 16.7 Å². The summed E-state index contributed by atoms with van der Waals surface area (Å²) in [5.41, 5.74) is 5.84. The van der Waals surface area contributed by atoms with Gasteiger partial charge in [0.15, 0.2) is 11.6 Å². The minimum Gasteiger partial charge on any atom is -0.366 e. The summed E-state index contributed by atoms with van der Waals surface area (Å²) < 4.78 is 14.0. The molecular formula is C10H13BrFN3. The molecule has 1 aliphatic rings. The minimum absolute atomic E-state index is 0.165. The van der Waals surface area contributed by atoms with E-state index in [2.05, 4.69) is 26.2 Å². The molecule has 2 rings (SSSR count). The number of hydrogen-bond acceptors (Lipinski definition) is 3. The normalized spacial score (nSPS) is 18.3. The van der Waals surface area contributed by atoms with Gasteiger partial charge in [-0.15, -0.1) is 0 Å². The van der Waals surface area contributed by atoms with Crippen molar-refractivity contribution in [3.8, 4) is 0 Å². The monoisotopic (exact) mass is 273 g/mol. The van der Waals surface area contributed by atoms with Crippen LogP contribution >= 0.6 is 15.9 Å². The van der Waals surface area contributed by atoms with Gasteiger partial charge in [0.25, 0.3) is 0 Å². The molecule has 3 nitrogen and oxygen atoms in total.